The van der Waals surface area contributed by atoms with Gasteiger partial charge in [0.2, 0.25) is 11.9 Å². The SMILES string of the molecule is Nn1c(SCc2cc(Cl)c3c(c2)OCO3)nnc1C(F)(F)F. The molecule has 0 aliphatic carbocycles. The van der Waals surface area contributed by atoms with Gasteiger partial charge < -0.3 is 15.3 Å². The number of nitrogens with zero attached hydrogens (tertiary/aromatic N) is 3. The molecule has 0 atom stereocenters. The molecule has 0 bridgehead atoms. The second-order valence-corrected chi connectivity index (χ2v) is 5.62. The van der Waals surface area contributed by atoms with Gasteiger partial charge in [-0.15, -0.1) is 10.2 Å². The van der Waals surface area contributed by atoms with E-state index in [0.717, 1.165) is 17.3 Å². The fraction of sp³-hybridized carbons (Fsp3) is 0.273. The Kier molecular flexibility index (Phi) is 3.73. The Morgan fingerprint density at radius 2 is 2.09 bits per heavy atom. The average Bonchev–Trinajstić information content (AvgIpc) is 3.02. The Hall–Kier alpha value is -1.81. The molecule has 1 aliphatic rings. The molecule has 1 aliphatic heterocycles. The number of nitrogens with two attached hydrogens (primary N) is 1. The lowest BCUT2D eigenvalue weighted by molar-refractivity contribution is -0.146. The predicted molar refractivity (Wildman–Crippen MR) is 72.3 cm³/mol. The van der Waals surface area contributed by atoms with Crippen molar-refractivity contribution < 1.29 is 22.6 Å². The summed E-state index contributed by atoms with van der Waals surface area (Å²) in [4.78, 5) is 0. The van der Waals surface area contributed by atoms with Crippen LogP contribution in [0.4, 0.5) is 13.2 Å². The number of fused-ring (bicyclic) bond motifs is 1. The van der Waals surface area contributed by atoms with Crippen LogP contribution in [0.25, 0.3) is 0 Å². The number of thioether (sulfide) groups is 1. The van der Waals surface area contributed by atoms with Crippen molar-refractivity contribution in [2.75, 3.05) is 12.6 Å². The van der Waals surface area contributed by atoms with E-state index in [4.69, 9.17) is 26.9 Å². The molecular weight excluding hydrogens is 345 g/mol. The molecule has 2 aromatic rings. The van der Waals surface area contributed by atoms with E-state index in [-0.39, 0.29) is 11.9 Å². The van der Waals surface area contributed by atoms with Gasteiger partial charge in [-0.1, -0.05) is 23.4 Å². The summed E-state index contributed by atoms with van der Waals surface area (Å²) in [6, 6.07) is 3.34. The lowest BCUT2D eigenvalue weighted by atomic mass is 10.2. The maximum absolute atomic E-state index is 12.6. The molecule has 6 nitrogen and oxygen atoms in total. The van der Waals surface area contributed by atoms with Gasteiger partial charge in [0.1, 0.15) is 0 Å². The molecule has 1 aromatic carbocycles. The van der Waals surface area contributed by atoms with Crippen molar-refractivity contribution in [3.63, 3.8) is 0 Å². The predicted octanol–water partition coefficient (Wildman–Crippen LogP) is 2.69. The van der Waals surface area contributed by atoms with Crippen molar-refractivity contribution in [1.82, 2.24) is 14.9 Å². The van der Waals surface area contributed by atoms with Gasteiger partial charge in [0.25, 0.3) is 5.82 Å². The highest BCUT2D eigenvalue weighted by Gasteiger charge is 2.38. The highest BCUT2D eigenvalue weighted by atomic mass is 35.5. The number of hydrogen-bond donors (Lipinski definition) is 1. The monoisotopic (exact) mass is 352 g/mol. The van der Waals surface area contributed by atoms with Crippen LogP contribution in [0.15, 0.2) is 17.3 Å². The molecule has 0 unspecified atom stereocenters. The Labute approximate surface area is 131 Å². The Morgan fingerprint density at radius 1 is 1.32 bits per heavy atom. The molecule has 0 spiro atoms. The van der Waals surface area contributed by atoms with Gasteiger partial charge in [-0.25, -0.2) is 4.68 Å². The summed E-state index contributed by atoms with van der Waals surface area (Å²) in [6.45, 7) is 0.0811. The standard InChI is InChI=1S/C11H8ClF3N4O2S/c12-6-1-5(2-7-8(6)21-4-20-7)3-22-10-18-17-9(19(10)16)11(13,14)15/h1-2H,3-4,16H2. The molecule has 0 amide bonds. The van der Waals surface area contributed by atoms with Crippen LogP contribution in [0.1, 0.15) is 11.4 Å². The number of alkyl halides is 3. The second-order valence-electron chi connectivity index (χ2n) is 4.27. The molecule has 118 valence electrons. The van der Waals surface area contributed by atoms with Crippen molar-refractivity contribution >= 4 is 23.4 Å². The molecule has 0 radical (unpaired) electrons. The summed E-state index contributed by atoms with van der Waals surface area (Å²) >= 11 is 7.03. The first kappa shape index (κ1) is 15.1. The number of ether oxygens (including phenoxy) is 2. The van der Waals surface area contributed by atoms with Gasteiger partial charge in [0.05, 0.1) is 5.02 Å². The zero-order chi connectivity index (χ0) is 15.9. The highest BCUT2D eigenvalue weighted by molar-refractivity contribution is 7.98. The van der Waals surface area contributed by atoms with E-state index in [2.05, 4.69) is 10.2 Å². The van der Waals surface area contributed by atoms with Crippen LogP contribution in [0, 0.1) is 0 Å². The van der Waals surface area contributed by atoms with Gasteiger partial charge in [0, 0.05) is 5.75 Å². The smallest absolute Gasteiger partial charge is 0.453 e. The first-order chi connectivity index (χ1) is 10.4. The Balaban J connectivity index is 1.76. The van der Waals surface area contributed by atoms with Crippen LogP contribution in [0.3, 0.4) is 0 Å². The minimum Gasteiger partial charge on any atom is -0.454 e. The quantitative estimate of drug-likeness (QED) is 0.676. The average molecular weight is 353 g/mol. The summed E-state index contributed by atoms with van der Waals surface area (Å²) < 4.78 is 48.5. The highest BCUT2D eigenvalue weighted by Crippen LogP contribution is 2.41. The first-order valence-electron chi connectivity index (χ1n) is 5.85. The lowest BCUT2D eigenvalue weighted by Gasteiger charge is -2.07. The fourth-order valence-electron chi connectivity index (χ4n) is 1.82. The maximum Gasteiger partial charge on any atom is 0.453 e. The molecule has 0 fully saturated rings. The van der Waals surface area contributed by atoms with Crippen molar-refractivity contribution in [3.8, 4) is 11.5 Å². The van der Waals surface area contributed by atoms with Crippen LogP contribution in [0.2, 0.25) is 5.02 Å². The summed E-state index contributed by atoms with van der Waals surface area (Å²) in [5.41, 5.74) is 0.732. The van der Waals surface area contributed by atoms with Crippen LogP contribution >= 0.6 is 23.4 Å². The summed E-state index contributed by atoms with van der Waals surface area (Å²) in [5.74, 6) is 5.35. The zero-order valence-electron chi connectivity index (χ0n) is 10.7. The Morgan fingerprint density at radius 3 is 2.77 bits per heavy atom. The first-order valence-corrected chi connectivity index (χ1v) is 7.21. The Bertz CT molecular complexity index is 722. The maximum atomic E-state index is 12.6. The van der Waals surface area contributed by atoms with Crippen LogP contribution in [-0.4, -0.2) is 21.7 Å². The molecule has 11 heteroatoms. The van der Waals surface area contributed by atoms with Gasteiger partial charge >= 0.3 is 6.18 Å². The van der Waals surface area contributed by atoms with Gasteiger partial charge in [-0.2, -0.15) is 13.2 Å². The van der Waals surface area contributed by atoms with Crippen LogP contribution < -0.4 is 15.3 Å². The summed E-state index contributed by atoms with van der Waals surface area (Å²) in [6.07, 6.45) is -4.65. The van der Waals surface area contributed by atoms with Gasteiger partial charge in [-0.3, -0.25) is 0 Å². The molecular formula is C11H8ClF3N4O2S. The third-order valence-corrected chi connectivity index (χ3v) is 4.07. The van der Waals surface area contributed by atoms with E-state index in [1.807, 2.05) is 0 Å². The summed E-state index contributed by atoms with van der Waals surface area (Å²) in [5, 5.41) is 6.80. The van der Waals surface area contributed by atoms with E-state index in [1.165, 1.54) is 0 Å². The van der Waals surface area contributed by atoms with Gasteiger partial charge in [0.15, 0.2) is 11.5 Å². The number of aromatic nitrogens is 3. The molecule has 3 rings (SSSR count). The van der Waals surface area contributed by atoms with E-state index < -0.39 is 12.0 Å². The second kappa shape index (κ2) is 5.43. The number of benzene rings is 1. The number of hydrogen-bond acceptors (Lipinski definition) is 6. The molecule has 0 saturated carbocycles. The van der Waals surface area contributed by atoms with Crippen LogP contribution in [-0.2, 0) is 11.9 Å². The van der Waals surface area contributed by atoms with E-state index >= 15 is 0 Å². The third-order valence-electron chi connectivity index (χ3n) is 2.77. The zero-order valence-corrected chi connectivity index (χ0v) is 12.3. The largest absolute Gasteiger partial charge is 0.454 e. The van der Waals surface area contributed by atoms with E-state index in [1.54, 1.807) is 12.1 Å². The molecule has 0 saturated heterocycles. The topological polar surface area (TPSA) is 75.2 Å². The number of halogens is 4. The molecule has 2 heterocycles. The van der Waals surface area contributed by atoms with Gasteiger partial charge in [-0.05, 0) is 17.7 Å². The number of nitrogen functional groups attached to an aromatic ring is 1. The van der Waals surface area contributed by atoms with Crippen LogP contribution in [0.5, 0.6) is 11.5 Å². The third kappa shape index (κ3) is 2.75. The lowest BCUT2D eigenvalue weighted by Crippen LogP contribution is -2.21. The van der Waals surface area contributed by atoms with Crippen molar-refractivity contribution in [2.24, 2.45) is 0 Å². The number of rotatable bonds is 3. The van der Waals surface area contributed by atoms with Crippen molar-refractivity contribution in [2.45, 2.75) is 17.1 Å². The fourth-order valence-corrected chi connectivity index (χ4v) is 2.90. The molecule has 22 heavy (non-hydrogen) atoms. The summed E-state index contributed by atoms with van der Waals surface area (Å²) in [7, 11) is 0. The molecule has 2 N–H and O–H groups in total. The normalized spacial score (nSPS) is 13.6. The van der Waals surface area contributed by atoms with E-state index in [0.29, 0.717) is 27.0 Å². The van der Waals surface area contributed by atoms with E-state index in [9.17, 15) is 13.2 Å². The molecule has 1 aromatic heterocycles. The minimum atomic E-state index is -4.65. The van der Waals surface area contributed by atoms with Crippen molar-refractivity contribution in [1.29, 1.82) is 0 Å². The minimum absolute atomic E-state index is 0.0545. The van der Waals surface area contributed by atoms with Crippen molar-refractivity contribution in [3.05, 3.63) is 28.5 Å².